The van der Waals surface area contributed by atoms with Crippen LogP contribution in [0.15, 0.2) is 18.2 Å². The topological polar surface area (TPSA) is 35.2 Å². The third-order valence-corrected chi connectivity index (χ3v) is 1.80. The molecule has 0 aliphatic heterocycles. The Morgan fingerprint density at radius 1 is 1.31 bits per heavy atom. The van der Waals surface area contributed by atoms with E-state index in [1.54, 1.807) is 0 Å². The number of benzene rings is 1. The van der Waals surface area contributed by atoms with Crippen LogP contribution in [0.25, 0.3) is 0 Å². The Labute approximate surface area is 91.2 Å². The lowest BCUT2D eigenvalue weighted by Gasteiger charge is -2.09. The molecule has 0 aliphatic rings. The number of hydrogen-bond acceptors (Lipinski definition) is 2. The first kappa shape index (κ1) is 12.4. The summed E-state index contributed by atoms with van der Waals surface area (Å²) in [6.45, 7) is 0.0958. The molecule has 16 heavy (non-hydrogen) atoms. The van der Waals surface area contributed by atoms with Crippen LogP contribution in [0.5, 0.6) is 5.75 Å². The van der Waals surface area contributed by atoms with E-state index in [2.05, 4.69) is 11.8 Å². The van der Waals surface area contributed by atoms with E-state index in [9.17, 15) is 13.2 Å². The Kier molecular flexibility index (Phi) is 3.80. The molecule has 5 heteroatoms. The number of hydrogen-bond donors (Lipinski definition) is 1. The maximum Gasteiger partial charge on any atom is 0.416 e. The van der Waals surface area contributed by atoms with Gasteiger partial charge in [0, 0.05) is 5.56 Å². The molecular weight excluding hydrogens is 219 g/mol. The summed E-state index contributed by atoms with van der Waals surface area (Å²) in [6.07, 6.45) is -4.41. The van der Waals surface area contributed by atoms with Crippen LogP contribution >= 0.6 is 0 Å². The van der Waals surface area contributed by atoms with Crippen LogP contribution < -0.4 is 10.5 Å². The lowest BCUT2D eigenvalue weighted by atomic mass is 10.1. The van der Waals surface area contributed by atoms with Gasteiger partial charge in [-0.3, -0.25) is 0 Å². The number of halogens is 3. The number of alkyl halides is 3. The van der Waals surface area contributed by atoms with E-state index in [1.165, 1.54) is 13.2 Å². The van der Waals surface area contributed by atoms with Gasteiger partial charge in [0.1, 0.15) is 5.75 Å². The molecular formula is C11H10F3NO. The molecule has 2 nitrogen and oxygen atoms in total. The van der Waals surface area contributed by atoms with Crippen molar-refractivity contribution >= 4 is 0 Å². The van der Waals surface area contributed by atoms with Crippen molar-refractivity contribution in [3.63, 3.8) is 0 Å². The Balaban J connectivity index is 3.21. The van der Waals surface area contributed by atoms with Crippen molar-refractivity contribution in [2.45, 2.75) is 6.18 Å². The van der Waals surface area contributed by atoms with Crippen molar-refractivity contribution in [3.8, 4) is 17.6 Å². The highest BCUT2D eigenvalue weighted by Crippen LogP contribution is 2.32. The van der Waals surface area contributed by atoms with Gasteiger partial charge >= 0.3 is 6.18 Å². The van der Waals surface area contributed by atoms with Crippen molar-refractivity contribution in [1.82, 2.24) is 0 Å². The largest absolute Gasteiger partial charge is 0.497 e. The van der Waals surface area contributed by atoms with Gasteiger partial charge in [0.2, 0.25) is 0 Å². The molecule has 0 heterocycles. The molecule has 0 spiro atoms. The molecule has 0 atom stereocenters. The van der Waals surface area contributed by atoms with Crippen LogP contribution in [0, 0.1) is 11.8 Å². The minimum atomic E-state index is -4.41. The van der Waals surface area contributed by atoms with E-state index < -0.39 is 11.7 Å². The second kappa shape index (κ2) is 4.90. The molecule has 2 N–H and O–H groups in total. The first-order valence-corrected chi connectivity index (χ1v) is 4.42. The fourth-order valence-electron chi connectivity index (χ4n) is 1.11. The first-order valence-electron chi connectivity index (χ1n) is 4.42. The second-order valence-corrected chi connectivity index (χ2v) is 2.95. The zero-order chi connectivity index (χ0) is 12.2. The first-order chi connectivity index (χ1) is 7.47. The zero-order valence-electron chi connectivity index (χ0n) is 8.56. The van der Waals surface area contributed by atoms with Gasteiger partial charge in [-0.25, -0.2) is 0 Å². The van der Waals surface area contributed by atoms with Crippen LogP contribution in [0.1, 0.15) is 11.1 Å². The van der Waals surface area contributed by atoms with Crippen LogP contribution in [-0.4, -0.2) is 13.7 Å². The van der Waals surface area contributed by atoms with Gasteiger partial charge < -0.3 is 10.5 Å². The highest BCUT2D eigenvalue weighted by Gasteiger charge is 2.31. The Bertz CT molecular complexity index is 429. The van der Waals surface area contributed by atoms with Crippen LogP contribution in [0.3, 0.4) is 0 Å². The average Bonchev–Trinajstić information content (AvgIpc) is 2.24. The van der Waals surface area contributed by atoms with E-state index in [0.717, 1.165) is 12.1 Å². The van der Waals surface area contributed by atoms with Crippen molar-refractivity contribution in [2.24, 2.45) is 5.73 Å². The number of ether oxygens (including phenoxy) is 1. The molecule has 0 radical (unpaired) electrons. The minimum Gasteiger partial charge on any atom is -0.497 e. The normalized spacial score (nSPS) is 10.6. The Hall–Kier alpha value is -1.67. The van der Waals surface area contributed by atoms with E-state index in [-0.39, 0.29) is 17.9 Å². The fraction of sp³-hybridized carbons (Fsp3) is 0.273. The molecule has 0 amide bonds. The van der Waals surface area contributed by atoms with Crippen molar-refractivity contribution in [1.29, 1.82) is 0 Å². The molecule has 0 aliphatic carbocycles. The second-order valence-electron chi connectivity index (χ2n) is 2.95. The maximum absolute atomic E-state index is 12.5. The van der Waals surface area contributed by atoms with E-state index in [1.807, 2.05) is 0 Å². The van der Waals surface area contributed by atoms with E-state index in [4.69, 9.17) is 10.5 Å². The smallest absolute Gasteiger partial charge is 0.416 e. The van der Waals surface area contributed by atoms with Crippen LogP contribution in [0.2, 0.25) is 0 Å². The fourth-order valence-corrected chi connectivity index (χ4v) is 1.11. The molecule has 0 aromatic heterocycles. The summed E-state index contributed by atoms with van der Waals surface area (Å²) in [5, 5.41) is 0. The summed E-state index contributed by atoms with van der Waals surface area (Å²) in [5.74, 6) is 5.15. The molecule has 86 valence electrons. The Morgan fingerprint density at radius 2 is 2.00 bits per heavy atom. The standard InChI is InChI=1S/C11H10F3NO/c1-16-10-6-8(3-2-4-15)5-9(7-10)11(12,13)14/h5-7H,4,15H2,1H3. The molecule has 1 rings (SSSR count). The number of methoxy groups -OCH3 is 1. The molecule has 0 saturated carbocycles. The quantitative estimate of drug-likeness (QED) is 0.748. The third kappa shape index (κ3) is 3.17. The third-order valence-electron chi connectivity index (χ3n) is 1.80. The molecule has 1 aromatic rings. The zero-order valence-corrected chi connectivity index (χ0v) is 8.56. The highest BCUT2D eigenvalue weighted by molar-refractivity contribution is 5.44. The van der Waals surface area contributed by atoms with Gasteiger partial charge in [0.25, 0.3) is 0 Å². The SMILES string of the molecule is COc1cc(C#CCN)cc(C(F)(F)F)c1. The summed E-state index contributed by atoms with van der Waals surface area (Å²) in [5.41, 5.74) is 4.59. The maximum atomic E-state index is 12.5. The van der Waals surface area contributed by atoms with Gasteiger partial charge in [0.15, 0.2) is 0 Å². The van der Waals surface area contributed by atoms with Gasteiger partial charge in [-0.15, -0.1) is 0 Å². The van der Waals surface area contributed by atoms with Crippen LogP contribution in [-0.2, 0) is 6.18 Å². The van der Waals surface area contributed by atoms with Crippen molar-refractivity contribution < 1.29 is 17.9 Å². The summed E-state index contributed by atoms with van der Waals surface area (Å²) in [6, 6.07) is 3.32. The van der Waals surface area contributed by atoms with Crippen LogP contribution in [0.4, 0.5) is 13.2 Å². The van der Waals surface area contributed by atoms with Crippen molar-refractivity contribution in [2.75, 3.05) is 13.7 Å². The van der Waals surface area contributed by atoms with Gasteiger partial charge in [-0.1, -0.05) is 11.8 Å². The number of nitrogens with two attached hydrogens (primary N) is 1. The highest BCUT2D eigenvalue weighted by atomic mass is 19.4. The van der Waals surface area contributed by atoms with Gasteiger partial charge in [0.05, 0.1) is 19.2 Å². The lowest BCUT2D eigenvalue weighted by Crippen LogP contribution is -2.05. The summed E-state index contributed by atoms with van der Waals surface area (Å²) < 4.78 is 42.2. The molecule has 0 unspecified atom stereocenters. The lowest BCUT2D eigenvalue weighted by molar-refractivity contribution is -0.137. The monoisotopic (exact) mass is 229 g/mol. The summed E-state index contributed by atoms with van der Waals surface area (Å²) in [4.78, 5) is 0. The predicted octanol–water partition coefficient (Wildman–Crippen LogP) is 2.02. The molecule has 1 aromatic carbocycles. The summed E-state index contributed by atoms with van der Waals surface area (Å²) in [7, 11) is 1.30. The average molecular weight is 229 g/mol. The minimum absolute atomic E-state index is 0.0958. The van der Waals surface area contributed by atoms with Gasteiger partial charge in [-0.2, -0.15) is 13.2 Å². The van der Waals surface area contributed by atoms with Crippen molar-refractivity contribution in [3.05, 3.63) is 29.3 Å². The summed E-state index contributed by atoms with van der Waals surface area (Å²) >= 11 is 0. The van der Waals surface area contributed by atoms with E-state index in [0.29, 0.717) is 0 Å². The van der Waals surface area contributed by atoms with Gasteiger partial charge in [-0.05, 0) is 18.2 Å². The molecule has 0 bridgehead atoms. The predicted molar refractivity (Wildman–Crippen MR) is 53.9 cm³/mol. The molecule has 0 fully saturated rings. The Morgan fingerprint density at radius 3 is 2.50 bits per heavy atom. The van der Waals surface area contributed by atoms with E-state index >= 15 is 0 Å². The molecule has 0 saturated heterocycles. The number of rotatable bonds is 1.